The van der Waals surface area contributed by atoms with E-state index in [4.69, 9.17) is 4.74 Å². The fourth-order valence-electron chi connectivity index (χ4n) is 3.51. The number of ether oxygens (including phenoxy) is 1. The van der Waals surface area contributed by atoms with Crippen LogP contribution in [0.15, 0.2) is 18.2 Å². The summed E-state index contributed by atoms with van der Waals surface area (Å²) in [5.41, 5.74) is 3.03. The van der Waals surface area contributed by atoms with E-state index in [1.165, 1.54) is 62.5 Å². The van der Waals surface area contributed by atoms with E-state index >= 15 is 0 Å². The van der Waals surface area contributed by atoms with E-state index in [0.29, 0.717) is 0 Å². The third kappa shape index (κ3) is 3.76. The number of hydrogen-bond acceptors (Lipinski definition) is 2. The fraction of sp³-hybridized carbons (Fsp3) is 0.667. The summed E-state index contributed by atoms with van der Waals surface area (Å²) in [4.78, 5) is 0. The van der Waals surface area contributed by atoms with E-state index in [1.54, 1.807) is 0 Å². The molecule has 2 aliphatic carbocycles. The Kier molecular flexibility index (Phi) is 4.96. The minimum Gasteiger partial charge on any atom is -0.494 e. The average molecular weight is 273 g/mol. The highest BCUT2D eigenvalue weighted by molar-refractivity contribution is 5.38. The van der Waals surface area contributed by atoms with Crippen LogP contribution < -0.4 is 10.1 Å². The van der Waals surface area contributed by atoms with Crippen molar-refractivity contribution in [3.8, 4) is 5.75 Å². The van der Waals surface area contributed by atoms with Gasteiger partial charge in [0.1, 0.15) is 5.75 Å². The highest BCUT2D eigenvalue weighted by Gasteiger charge is 2.12. The topological polar surface area (TPSA) is 21.3 Å². The number of fused-ring (bicyclic) bond motifs is 1. The van der Waals surface area contributed by atoms with Crippen molar-refractivity contribution in [2.45, 2.75) is 63.8 Å². The largest absolute Gasteiger partial charge is 0.494 e. The summed E-state index contributed by atoms with van der Waals surface area (Å²) in [6.45, 7) is 1.92. The van der Waals surface area contributed by atoms with Gasteiger partial charge in [0.05, 0.1) is 6.61 Å². The standard InChI is InChI=1S/C18H27NO/c1-2-8-17(9-3-1)19-12-5-13-20-18-11-10-15-6-4-7-16(15)14-18/h10-11,14,17,19H,1-9,12-13H2. The number of aryl methyl sites for hydroxylation is 2. The van der Waals surface area contributed by atoms with E-state index in [0.717, 1.165) is 31.4 Å². The van der Waals surface area contributed by atoms with Gasteiger partial charge in [0.15, 0.2) is 0 Å². The molecule has 1 fully saturated rings. The highest BCUT2D eigenvalue weighted by Crippen LogP contribution is 2.26. The second-order valence-corrected chi connectivity index (χ2v) is 6.28. The molecular weight excluding hydrogens is 246 g/mol. The van der Waals surface area contributed by atoms with Crippen LogP contribution in [0.3, 0.4) is 0 Å². The Bertz CT molecular complexity index is 423. The molecule has 2 aliphatic rings. The molecule has 0 aromatic heterocycles. The Morgan fingerprint density at radius 1 is 1.00 bits per heavy atom. The summed E-state index contributed by atoms with van der Waals surface area (Å²) in [5, 5.41) is 3.67. The zero-order chi connectivity index (χ0) is 13.6. The molecular formula is C18H27NO. The van der Waals surface area contributed by atoms with E-state index in [2.05, 4.69) is 23.5 Å². The van der Waals surface area contributed by atoms with Gasteiger partial charge in [-0.25, -0.2) is 0 Å². The van der Waals surface area contributed by atoms with Gasteiger partial charge >= 0.3 is 0 Å². The first-order valence-electron chi connectivity index (χ1n) is 8.40. The number of nitrogens with one attached hydrogen (secondary N) is 1. The van der Waals surface area contributed by atoms with Crippen LogP contribution in [0.5, 0.6) is 5.75 Å². The lowest BCUT2D eigenvalue weighted by Crippen LogP contribution is -2.32. The van der Waals surface area contributed by atoms with Gasteiger partial charge in [-0.3, -0.25) is 0 Å². The molecule has 1 aromatic carbocycles. The number of benzene rings is 1. The van der Waals surface area contributed by atoms with Gasteiger partial charge < -0.3 is 10.1 Å². The molecule has 1 saturated carbocycles. The maximum Gasteiger partial charge on any atom is 0.119 e. The summed E-state index contributed by atoms with van der Waals surface area (Å²) in [7, 11) is 0. The van der Waals surface area contributed by atoms with E-state index in [-0.39, 0.29) is 0 Å². The van der Waals surface area contributed by atoms with Crippen LogP contribution in [0.1, 0.15) is 56.1 Å². The fourth-order valence-corrected chi connectivity index (χ4v) is 3.51. The Balaban J connectivity index is 1.33. The zero-order valence-corrected chi connectivity index (χ0v) is 12.5. The predicted molar refractivity (Wildman–Crippen MR) is 83.5 cm³/mol. The van der Waals surface area contributed by atoms with Crippen LogP contribution in [0, 0.1) is 0 Å². The summed E-state index contributed by atoms with van der Waals surface area (Å²) in [6.07, 6.45) is 11.9. The number of hydrogen-bond donors (Lipinski definition) is 1. The molecule has 0 spiro atoms. The van der Waals surface area contributed by atoms with Crippen LogP contribution in [0.4, 0.5) is 0 Å². The van der Waals surface area contributed by atoms with Crippen molar-refractivity contribution in [1.82, 2.24) is 5.32 Å². The van der Waals surface area contributed by atoms with Crippen LogP contribution in [0.2, 0.25) is 0 Å². The second-order valence-electron chi connectivity index (χ2n) is 6.28. The van der Waals surface area contributed by atoms with Gasteiger partial charge in [0, 0.05) is 6.04 Å². The molecule has 0 heterocycles. The van der Waals surface area contributed by atoms with Crippen molar-refractivity contribution in [3.05, 3.63) is 29.3 Å². The normalized spacial score (nSPS) is 19.0. The lowest BCUT2D eigenvalue weighted by atomic mass is 9.95. The van der Waals surface area contributed by atoms with E-state index in [9.17, 15) is 0 Å². The first-order valence-corrected chi connectivity index (χ1v) is 8.40. The third-order valence-corrected chi connectivity index (χ3v) is 4.70. The molecule has 0 saturated heterocycles. The van der Waals surface area contributed by atoms with Gasteiger partial charge in [-0.15, -0.1) is 0 Å². The van der Waals surface area contributed by atoms with Crippen LogP contribution in [-0.4, -0.2) is 19.2 Å². The average Bonchev–Trinajstić information content (AvgIpc) is 2.95. The molecule has 0 amide bonds. The first kappa shape index (κ1) is 13.9. The van der Waals surface area contributed by atoms with Crippen molar-refractivity contribution in [2.75, 3.05) is 13.2 Å². The monoisotopic (exact) mass is 273 g/mol. The van der Waals surface area contributed by atoms with Gasteiger partial charge in [-0.2, -0.15) is 0 Å². The lowest BCUT2D eigenvalue weighted by Gasteiger charge is -2.22. The summed E-state index contributed by atoms with van der Waals surface area (Å²) < 4.78 is 5.88. The molecule has 2 heteroatoms. The second kappa shape index (κ2) is 7.12. The Hall–Kier alpha value is -1.02. The van der Waals surface area contributed by atoms with Crippen molar-refractivity contribution < 1.29 is 4.74 Å². The van der Waals surface area contributed by atoms with E-state index in [1.807, 2.05) is 0 Å². The van der Waals surface area contributed by atoms with Gasteiger partial charge in [0.2, 0.25) is 0 Å². The Morgan fingerprint density at radius 2 is 1.85 bits per heavy atom. The number of rotatable bonds is 6. The molecule has 0 radical (unpaired) electrons. The van der Waals surface area contributed by atoms with Gasteiger partial charge in [-0.05, 0) is 68.3 Å². The van der Waals surface area contributed by atoms with Crippen molar-refractivity contribution >= 4 is 0 Å². The van der Waals surface area contributed by atoms with Gasteiger partial charge in [0.25, 0.3) is 0 Å². The molecule has 20 heavy (non-hydrogen) atoms. The molecule has 0 atom stereocenters. The highest BCUT2D eigenvalue weighted by atomic mass is 16.5. The summed E-state index contributed by atoms with van der Waals surface area (Å²) in [5.74, 6) is 1.06. The molecule has 110 valence electrons. The molecule has 2 nitrogen and oxygen atoms in total. The van der Waals surface area contributed by atoms with Crippen molar-refractivity contribution in [3.63, 3.8) is 0 Å². The van der Waals surface area contributed by atoms with Crippen LogP contribution in [0.25, 0.3) is 0 Å². The predicted octanol–water partition coefficient (Wildman–Crippen LogP) is 3.87. The molecule has 1 aromatic rings. The third-order valence-electron chi connectivity index (χ3n) is 4.70. The smallest absolute Gasteiger partial charge is 0.119 e. The van der Waals surface area contributed by atoms with Crippen molar-refractivity contribution in [1.29, 1.82) is 0 Å². The quantitative estimate of drug-likeness (QED) is 0.795. The van der Waals surface area contributed by atoms with Crippen LogP contribution in [-0.2, 0) is 12.8 Å². The first-order chi connectivity index (χ1) is 9.92. The van der Waals surface area contributed by atoms with Crippen molar-refractivity contribution in [2.24, 2.45) is 0 Å². The maximum atomic E-state index is 5.88. The lowest BCUT2D eigenvalue weighted by molar-refractivity contribution is 0.296. The summed E-state index contributed by atoms with van der Waals surface area (Å²) in [6, 6.07) is 7.40. The minimum atomic E-state index is 0.767. The Labute approximate surface area is 122 Å². The summed E-state index contributed by atoms with van der Waals surface area (Å²) >= 11 is 0. The van der Waals surface area contributed by atoms with Crippen LogP contribution >= 0.6 is 0 Å². The zero-order valence-electron chi connectivity index (χ0n) is 12.5. The SMILES string of the molecule is c1cc2c(cc1OCCCNC1CCCCC1)CCC2. The maximum absolute atomic E-state index is 5.88. The molecule has 3 rings (SSSR count). The molecule has 1 N–H and O–H groups in total. The molecule has 0 bridgehead atoms. The van der Waals surface area contributed by atoms with E-state index < -0.39 is 0 Å². The van der Waals surface area contributed by atoms with Gasteiger partial charge in [-0.1, -0.05) is 25.3 Å². The minimum absolute atomic E-state index is 0.767. The Morgan fingerprint density at radius 3 is 2.75 bits per heavy atom. The molecule has 0 unspecified atom stereocenters. The molecule has 0 aliphatic heterocycles.